The molecule has 2 rings (SSSR count). The molecule has 0 aliphatic rings. The minimum Gasteiger partial charge on any atom is -0.493 e. The zero-order valence-electron chi connectivity index (χ0n) is 15.0. The Morgan fingerprint density at radius 3 is 2.54 bits per heavy atom. The Morgan fingerprint density at radius 2 is 1.93 bits per heavy atom. The highest BCUT2D eigenvalue weighted by molar-refractivity contribution is 6.32. The fourth-order valence-electron chi connectivity index (χ4n) is 2.22. The van der Waals surface area contributed by atoms with Crippen LogP contribution in [0.4, 0.5) is 0 Å². The maximum atomic E-state index is 12.3. The van der Waals surface area contributed by atoms with Gasteiger partial charge in [0.15, 0.2) is 23.9 Å². The fraction of sp³-hybridized carbons (Fsp3) is 0.143. The topological polar surface area (TPSA) is 82.1 Å². The highest BCUT2D eigenvalue weighted by Gasteiger charge is 2.11. The van der Waals surface area contributed by atoms with E-state index in [9.17, 15) is 9.59 Å². The number of hydrogen-bond donors (Lipinski definition) is 1. The Morgan fingerprint density at radius 1 is 1.21 bits per heavy atom. The van der Waals surface area contributed by atoms with Gasteiger partial charge in [-0.05, 0) is 48.0 Å². The zero-order chi connectivity index (χ0) is 20.5. The minimum atomic E-state index is -1.08. The van der Waals surface area contributed by atoms with E-state index in [-0.39, 0.29) is 12.4 Å². The lowest BCUT2D eigenvalue weighted by Crippen LogP contribution is -2.09. The van der Waals surface area contributed by atoms with Crippen molar-refractivity contribution in [2.75, 3.05) is 20.3 Å². The van der Waals surface area contributed by atoms with Crippen molar-refractivity contribution in [3.05, 3.63) is 58.6 Å². The van der Waals surface area contributed by atoms with E-state index in [0.29, 0.717) is 33.4 Å². The highest BCUT2D eigenvalue weighted by Crippen LogP contribution is 2.36. The van der Waals surface area contributed by atoms with Crippen molar-refractivity contribution in [1.82, 2.24) is 0 Å². The van der Waals surface area contributed by atoms with Crippen molar-refractivity contribution >= 4 is 29.4 Å². The number of ketones is 1. The Bertz CT molecular complexity index is 925. The van der Waals surface area contributed by atoms with Gasteiger partial charge in [0.1, 0.15) is 12.4 Å². The van der Waals surface area contributed by atoms with Crippen LogP contribution >= 0.6 is 11.6 Å². The lowest BCUT2D eigenvalue weighted by Gasteiger charge is -2.11. The second-order valence-electron chi connectivity index (χ2n) is 5.43. The Hall–Kier alpha value is -3.43. The number of carboxylic acids is 1. The van der Waals surface area contributed by atoms with Gasteiger partial charge in [0, 0.05) is 5.56 Å². The average molecular weight is 401 g/mol. The van der Waals surface area contributed by atoms with E-state index < -0.39 is 12.6 Å². The first-order valence-corrected chi connectivity index (χ1v) is 8.43. The summed E-state index contributed by atoms with van der Waals surface area (Å²) in [5, 5.41) is 8.90. The number of carboxylic acid groups (broad SMARTS) is 1. The van der Waals surface area contributed by atoms with Crippen LogP contribution in [0.1, 0.15) is 15.9 Å². The number of carbonyl (C=O) groups excluding carboxylic acids is 1. The number of rotatable bonds is 9. The van der Waals surface area contributed by atoms with E-state index >= 15 is 0 Å². The molecule has 0 aliphatic carbocycles. The summed E-state index contributed by atoms with van der Waals surface area (Å²) in [5.74, 6) is 2.13. The largest absolute Gasteiger partial charge is 0.493 e. The van der Waals surface area contributed by atoms with Gasteiger partial charge in [-0.25, -0.2) is 4.79 Å². The summed E-state index contributed by atoms with van der Waals surface area (Å²) in [7, 11) is 1.47. The number of ether oxygens (including phenoxy) is 3. The summed E-state index contributed by atoms with van der Waals surface area (Å²) in [6.07, 6.45) is 8.16. The van der Waals surface area contributed by atoms with Crippen LogP contribution in [-0.2, 0) is 4.79 Å². The molecule has 0 aromatic heterocycles. The molecule has 6 nitrogen and oxygen atoms in total. The van der Waals surface area contributed by atoms with Crippen LogP contribution in [0.5, 0.6) is 17.2 Å². The molecule has 0 unspecified atom stereocenters. The Labute approximate surface area is 167 Å². The SMILES string of the molecule is C#CCOc1c(Cl)cc(C=CC(=O)c2ccc(OCC(=O)O)cc2)cc1OC. The van der Waals surface area contributed by atoms with Crippen molar-refractivity contribution in [3.63, 3.8) is 0 Å². The van der Waals surface area contributed by atoms with Crippen molar-refractivity contribution in [1.29, 1.82) is 0 Å². The van der Waals surface area contributed by atoms with E-state index in [0.717, 1.165) is 0 Å². The summed E-state index contributed by atoms with van der Waals surface area (Å²) in [6.45, 7) is -0.396. The molecule has 0 saturated carbocycles. The van der Waals surface area contributed by atoms with Gasteiger partial charge < -0.3 is 19.3 Å². The van der Waals surface area contributed by atoms with Crippen molar-refractivity contribution in [2.24, 2.45) is 0 Å². The van der Waals surface area contributed by atoms with Gasteiger partial charge in [-0.3, -0.25) is 4.79 Å². The first kappa shape index (κ1) is 20.9. The lowest BCUT2D eigenvalue weighted by atomic mass is 10.1. The van der Waals surface area contributed by atoms with Gasteiger partial charge in [0.25, 0.3) is 0 Å². The fourth-order valence-corrected chi connectivity index (χ4v) is 2.49. The quantitative estimate of drug-likeness (QED) is 0.392. The minimum absolute atomic E-state index is 0.0515. The van der Waals surface area contributed by atoms with Gasteiger partial charge in [0.05, 0.1) is 12.1 Å². The van der Waals surface area contributed by atoms with Crippen LogP contribution in [0.15, 0.2) is 42.5 Å². The molecule has 0 spiro atoms. The molecule has 28 heavy (non-hydrogen) atoms. The van der Waals surface area contributed by atoms with Crippen molar-refractivity contribution in [3.8, 4) is 29.6 Å². The molecule has 0 heterocycles. The number of aliphatic carboxylic acids is 1. The summed E-state index contributed by atoms with van der Waals surface area (Å²) >= 11 is 6.20. The van der Waals surface area contributed by atoms with Crippen LogP contribution < -0.4 is 14.2 Å². The molecule has 2 aromatic rings. The number of terminal acetylenes is 1. The molecule has 0 saturated heterocycles. The number of halogens is 1. The Balaban J connectivity index is 2.12. The van der Waals surface area contributed by atoms with E-state index in [2.05, 4.69) is 5.92 Å². The van der Waals surface area contributed by atoms with Crippen LogP contribution in [0.25, 0.3) is 6.08 Å². The summed E-state index contributed by atoms with van der Waals surface area (Å²) in [4.78, 5) is 22.8. The average Bonchev–Trinajstić information content (AvgIpc) is 2.69. The van der Waals surface area contributed by atoms with Crippen LogP contribution in [-0.4, -0.2) is 37.2 Å². The van der Waals surface area contributed by atoms with E-state index in [4.69, 9.17) is 37.3 Å². The summed E-state index contributed by atoms with van der Waals surface area (Å²) in [6, 6.07) is 9.46. The molecule has 7 heteroatoms. The third kappa shape index (κ3) is 5.79. The molecule has 144 valence electrons. The van der Waals surface area contributed by atoms with Crippen LogP contribution in [0.3, 0.4) is 0 Å². The van der Waals surface area contributed by atoms with Crippen molar-refractivity contribution < 1.29 is 28.9 Å². The molecular formula is C21H17ClO6. The standard InChI is InChI=1S/C21H17ClO6/c1-3-10-27-21-17(22)11-14(12-19(21)26-2)4-9-18(23)15-5-7-16(8-6-15)28-13-20(24)25/h1,4-9,11-12H,10,13H2,2H3,(H,24,25). The summed E-state index contributed by atoms with van der Waals surface area (Å²) < 4.78 is 15.7. The third-order valence-electron chi connectivity index (χ3n) is 3.48. The predicted octanol–water partition coefficient (Wildman–Crippen LogP) is 3.72. The zero-order valence-corrected chi connectivity index (χ0v) is 15.7. The third-order valence-corrected chi connectivity index (χ3v) is 3.76. The molecule has 0 bridgehead atoms. The maximum Gasteiger partial charge on any atom is 0.341 e. The number of benzene rings is 2. The predicted molar refractivity (Wildman–Crippen MR) is 105 cm³/mol. The van der Waals surface area contributed by atoms with Crippen molar-refractivity contribution in [2.45, 2.75) is 0 Å². The van der Waals surface area contributed by atoms with Gasteiger partial charge in [-0.2, -0.15) is 0 Å². The second-order valence-corrected chi connectivity index (χ2v) is 5.84. The van der Waals surface area contributed by atoms with Gasteiger partial charge in [-0.15, -0.1) is 6.42 Å². The van der Waals surface area contributed by atoms with Gasteiger partial charge in [-0.1, -0.05) is 23.6 Å². The molecule has 0 radical (unpaired) electrons. The highest BCUT2D eigenvalue weighted by atomic mass is 35.5. The monoisotopic (exact) mass is 400 g/mol. The number of methoxy groups -OCH3 is 1. The van der Waals surface area contributed by atoms with Gasteiger partial charge in [0.2, 0.25) is 0 Å². The summed E-state index contributed by atoms with van der Waals surface area (Å²) in [5.41, 5.74) is 1.07. The lowest BCUT2D eigenvalue weighted by molar-refractivity contribution is -0.139. The first-order chi connectivity index (χ1) is 13.4. The van der Waals surface area contributed by atoms with E-state index in [1.165, 1.54) is 25.3 Å². The van der Waals surface area contributed by atoms with Gasteiger partial charge >= 0.3 is 5.97 Å². The molecule has 0 aliphatic heterocycles. The first-order valence-electron chi connectivity index (χ1n) is 8.05. The molecule has 2 aromatic carbocycles. The van der Waals surface area contributed by atoms with E-state index in [1.54, 1.807) is 30.3 Å². The molecule has 0 fully saturated rings. The second kappa shape index (κ2) is 10.0. The smallest absolute Gasteiger partial charge is 0.341 e. The number of carbonyl (C=O) groups is 2. The molecule has 0 atom stereocenters. The number of allylic oxidation sites excluding steroid dienone is 1. The van der Waals surface area contributed by atoms with E-state index in [1.807, 2.05) is 0 Å². The number of hydrogen-bond acceptors (Lipinski definition) is 5. The normalized spacial score (nSPS) is 10.3. The van der Waals surface area contributed by atoms with Crippen LogP contribution in [0.2, 0.25) is 5.02 Å². The maximum absolute atomic E-state index is 12.3. The molecule has 1 N–H and O–H groups in total. The van der Waals surface area contributed by atoms with Crippen LogP contribution in [0, 0.1) is 12.3 Å². The molecule has 0 amide bonds. The molecular weight excluding hydrogens is 384 g/mol. The Kier molecular flexibility index (Phi) is 7.49.